The smallest absolute Gasteiger partial charge is 0.282 e. The van der Waals surface area contributed by atoms with Gasteiger partial charge in [-0.3, -0.25) is 34.2 Å². The van der Waals surface area contributed by atoms with Crippen LogP contribution in [0.4, 0.5) is 5.69 Å². The van der Waals surface area contributed by atoms with Crippen molar-refractivity contribution in [2.24, 2.45) is 0 Å². The van der Waals surface area contributed by atoms with E-state index in [1.165, 1.54) is 24.0 Å². The van der Waals surface area contributed by atoms with E-state index < -0.39 is 34.4 Å². The molecule has 1 heterocycles. The summed E-state index contributed by atoms with van der Waals surface area (Å²) in [6, 6.07) is 2.58. The number of nitrogens with one attached hydrogen (secondary N) is 1. The lowest BCUT2D eigenvalue weighted by Gasteiger charge is -2.28. The first-order valence-electron chi connectivity index (χ1n) is 9.45. The van der Waals surface area contributed by atoms with Gasteiger partial charge in [0.05, 0.1) is 17.0 Å². The molecule has 0 aliphatic carbocycles. The first-order chi connectivity index (χ1) is 13.7. The number of carbonyl (C=O) groups excluding carboxylic acids is 4. The van der Waals surface area contributed by atoms with E-state index in [-0.39, 0.29) is 30.1 Å². The zero-order chi connectivity index (χ0) is 21.7. The van der Waals surface area contributed by atoms with Gasteiger partial charge >= 0.3 is 0 Å². The summed E-state index contributed by atoms with van der Waals surface area (Å²) in [5.74, 6) is -2.55. The van der Waals surface area contributed by atoms with Gasteiger partial charge in [-0.2, -0.15) is 0 Å². The average Bonchev–Trinajstić information content (AvgIpc) is 2.95. The first-order valence-corrected chi connectivity index (χ1v) is 9.45. The fraction of sp³-hybridized carbons (Fsp3) is 0.474. The Morgan fingerprint density at radius 1 is 1.21 bits per heavy atom. The van der Waals surface area contributed by atoms with Crippen LogP contribution < -0.4 is 5.32 Å². The molecule has 1 unspecified atom stereocenters. The molecule has 1 aliphatic heterocycles. The SMILES string of the molecule is CCCNC(=O)CN(CCC)C(=O)C(C)N1C(=O)c2cccc([N+](=O)[O-])c2C1=O. The Labute approximate surface area is 168 Å². The van der Waals surface area contributed by atoms with Crippen molar-refractivity contribution < 1.29 is 24.1 Å². The largest absolute Gasteiger partial charge is 0.355 e. The van der Waals surface area contributed by atoms with Gasteiger partial charge in [0.2, 0.25) is 11.8 Å². The highest BCUT2D eigenvalue weighted by Crippen LogP contribution is 2.32. The number of hydrogen-bond donors (Lipinski definition) is 1. The van der Waals surface area contributed by atoms with Crippen LogP contribution in [0.1, 0.15) is 54.3 Å². The van der Waals surface area contributed by atoms with E-state index in [0.717, 1.165) is 17.4 Å². The van der Waals surface area contributed by atoms with E-state index in [4.69, 9.17) is 0 Å². The van der Waals surface area contributed by atoms with Crippen molar-refractivity contribution in [3.8, 4) is 0 Å². The monoisotopic (exact) mass is 404 g/mol. The lowest BCUT2D eigenvalue weighted by Crippen LogP contribution is -2.51. The van der Waals surface area contributed by atoms with Gasteiger partial charge in [0.1, 0.15) is 11.6 Å². The van der Waals surface area contributed by atoms with Crippen LogP contribution >= 0.6 is 0 Å². The zero-order valence-corrected chi connectivity index (χ0v) is 16.6. The Kier molecular flexibility index (Phi) is 7.03. The van der Waals surface area contributed by atoms with Crippen LogP contribution in [0.5, 0.6) is 0 Å². The number of nitro groups is 1. The number of nitro benzene ring substituents is 1. The van der Waals surface area contributed by atoms with Crippen LogP contribution in [-0.4, -0.2) is 64.0 Å². The van der Waals surface area contributed by atoms with Gasteiger partial charge in [-0.1, -0.05) is 19.9 Å². The number of hydrogen-bond acceptors (Lipinski definition) is 6. The van der Waals surface area contributed by atoms with Gasteiger partial charge in [0.15, 0.2) is 0 Å². The Hall–Kier alpha value is -3.30. The van der Waals surface area contributed by atoms with Crippen molar-refractivity contribution in [1.29, 1.82) is 0 Å². The minimum atomic E-state index is -1.20. The first kappa shape index (κ1) is 22.0. The maximum Gasteiger partial charge on any atom is 0.282 e. The van der Waals surface area contributed by atoms with E-state index in [9.17, 15) is 29.3 Å². The second kappa shape index (κ2) is 9.26. The fourth-order valence-electron chi connectivity index (χ4n) is 3.19. The third-order valence-corrected chi connectivity index (χ3v) is 4.58. The maximum atomic E-state index is 13.0. The molecule has 0 spiro atoms. The Morgan fingerprint density at radius 2 is 1.90 bits per heavy atom. The molecule has 10 nitrogen and oxygen atoms in total. The fourth-order valence-corrected chi connectivity index (χ4v) is 3.19. The summed E-state index contributed by atoms with van der Waals surface area (Å²) in [4.78, 5) is 63.0. The number of nitrogens with zero attached hydrogens (tertiary/aromatic N) is 3. The molecule has 156 valence electrons. The molecule has 10 heteroatoms. The predicted molar refractivity (Wildman–Crippen MR) is 103 cm³/mol. The van der Waals surface area contributed by atoms with Gasteiger partial charge in [0, 0.05) is 19.2 Å². The molecule has 29 heavy (non-hydrogen) atoms. The highest BCUT2D eigenvalue weighted by molar-refractivity contribution is 6.24. The van der Waals surface area contributed by atoms with Crippen molar-refractivity contribution in [2.45, 2.75) is 39.7 Å². The highest BCUT2D eigenvalue weighted by atomic mass is 16.6. The van der Waals surface area contributed by atoms with E-state index >= 15 is 0 Å². The van der Waals surface area contributed by atoms with E-state index in [1.807, 2.05) is 13.8 Å². The van der Waals surface area contributed by atoms with Crippen LogP contribution in [0, 0.1) is 10.1 Å². The van der Waals surface area contributed by atoms with Crippen LogP contribution in [0.3, 0.4) is 0 Å². The predicted octanol–water partition coefficient (Wildman–Crippen LogP) is 1.34. The summed E-state index contributed by atoms with van der Waals surface area (Å²) in [6.45, 7) is 5.67. The molecule has 0 saturated heterocycles. The van der Waals surface area contributed by atoms with E-state index in [2.05, 4.69) is 5.32 Å². The second-order valence-corrected chi connectivity index (χ2v) is 6.72. The van der Waals surface area contributed by atoms with Crippen molar-refractivity contribution in [1.82, 2.24) is 15.1 Å². The lowest BCUT2D eigenvalue weighted by atomic mass is 10.1. The summed E-state index contributed by atoms with van der Waals surface area (Å²) >= 11 is 0. The van der Waals surface area contributed by atoms with Crippen LogP contribution in [0.25, 0.3) is 0 Å². The molecule has 0 aromatic heterocycles. The molecule has 0 radical (unpaired) electrons. The summed E-state index contributed by atoms with van der Waals surface area (Å²) in [5.41, 5.74) is -0.899. The molecule has 1 aliphatic rings. The molecule has 1 atom stereocenters. The number of fused-ring (bicyclic) bond motifs is 1. The minimum Gasteiger partial charge on any atom is -0.355 e. The molecule has 0 saturated carbocycles. The summed E-state index contributed by atoms with van der Waals surface area (Å²) in [7, 11) is 0. The topological polar surface area (TPSA) is 130 Å². The van der Waals surface area contributed by atoms with E-state index in [0.29, 0.717) is 13.0 Å². The maximum absolute atomic E-state index is 13.0. The molecule has 4 amide bonds. The van der Waals surface area contributed by atoms with Crippen LogP contribution in [-0.2, 0) is 9.59 Å². The molecule has 2 rings (SSSR count). The molecular weight excluding hydrogens is 380 g/mol. The molecule has 1 aromatic carbocycles. The number of rotatable bonds is 9. The van der Waals surface area contributed by atoms with Gasteiger partial charge in [-0.15, -0.1) is 0 Å². The van der Waals surface area contributed by atoms with Crippen molar-refractivity contribution in [3.63, 3.8) is 0 Å². The van der Waals surface area contributed by atoms with Gasteiger partial charge in [0.25, 0.3) is 17.5 Å². The van der Waals surface area contributed by atoms with Crippen molar-refractivity contribution >= 4 is 29.3 Å². The Balaban J connectivity index is 2.27. The summed E-state index contributed by atoms with van der Waals surface area (Å²) in [5, 5.41) is 13.9. The third kappa shape index (κ3) is 4.41. The van der Waals surface area contributed by atoms with Gasteiger partial charge in [-0.25, -0.2) is 0 Å². The molecular formula is C19H24N4O6. The summed E-state index contributed by atoms with van der Waals surface area (Å²) < 4.78 is 0. The second-order valence-electron chi connectivity index (χ2n) is 6.72. The highest BCUT2D eigenvalue weighted by Gasteiger charge is 2.45. The molecule has 0 bridgehead atoms. The van der Waals surface area contributed by atoms with Crippen molar-refractivity contribution in [2.75, 3.05) is 19.6 Å². The molecule has 1 aromatic rings. The normalized spacial score (nSPS) is 13.8. The number of benzene rings is 1. The van der Waals surface area contributed by atoms with Crippen LogP contribution in [0.2, 0.25) is 0 Å². The Morgan fingerprint density at radius 3 is 2.48 bits per heavy atom. The number of carbonyl (C=O) groups is 4. The Bertz CT molecular complexity index is 853. The zero-order valence-electron chi connectivity index (χ0n) is 16.6. The van der Waals surface area contributed by atoms with Crippen molar-refractivity contribution in [3.05, 3.63) is 39.4 Å². The van der Waals surface area contributed by atoms with Crippen LogP contribution in [0.15, 0.2) is 18.2 Å². The molecule has 1 N–H and O–H groups in total. The van der Waals surface area contributed by atoms with Gasteiger partial charge < -0.3 is 10.2 Å². The summed E-state index contributed by atoms with van der Waals surface area (Å²) in [6.07, 6.45) is 1.32. The quantitative estimate of drug-likeness (QED) is 0.376. The standard InChI is InChI=1S/C19H24N4O6/c1-4-9-20-15(24)11-21(10-5-2)17(25)12(3)22-18(26)13-7-6-8-14(23(28)29)16(13)19(22)27/h6-8,12H,4-5,9-11H2,1-3H3,(H,20,24). The van der Waals surface area contributed by atoms with E-state index in [1.54, 1.807) is 0 Å². The van der Waals surface area contributed by atoms with Gasteiger partial charge in [-0.05, 0) is 25.8 Å². The minimum absolute atomic E-state index is 0.105. The third-order valence-electron chi connectivity index (χ3n) is 4.58. The average molecular weight is 404 g/mol. The molecule has 0 fully saturated rings. The number of amides is 4. The lowest BCUT2D eigenvalue weighted by molar-refractivity contribution is -0.385. The number of imide groups is 1.